The van der Waals surface area contributed by atoms with E-state index in [0.29, 0.717) is 19.6 Å². The molecule has 2 bridgehead atoms. The lowest BCUT2D eigenvalue weighted by molar-refractivity contribution is -0.141. The van der Waals surface area contributed by atoms with Crippen molar-refractivity contribution in [3.05, 3.63) is 70.6 Å². The van der Waals surface area contributed by atoms with Crippen LogP contribution in [0.4, 0.5) is 0 Å². The molecule has 0 radical (unpaired) electrons. The molecule has 0 unspecified atom stereocenters. The summed E-state index contributed by atoms with van der Waals surface area (Å²) in [5.41, 5.74) is 3.10. The van der Waals surface area contributed by atoms with Gasteiger partial charge in [0.15, 0.2) is 0 Å². The molecule has 1 N–H and O–H groups in total. The van der Waals surface area contributed by atoms with E-state index >= 15 is 0 Å². The van der Waals surface area contributed by atoms with Crippen LogP contribution in [0.3, 0.4) is 0 Å². The second-order valence-corrected chi connectivity index (χ2v) is 8.63. The van der Waals surface area contributed by atoms with Gasteiger partial charge in [0.25, 0.3) is 5.56 Å². The van der Waals surface area contributed by atoms with Gasteiger partial charge in [0.1, 0.15) is 0 Å². The summed E-state index contributed by atoms with van der Waals surface area (Å²) in [6.07, 6.45) is 0.809. The molecule has 6 nitrogen and oxygen atoms in total. The molecule has 31 heavy (non-hydrogen) atoms. The number of aromatic nitrogens is 1. The quantitative estimate of drug-likeness (QED) is 0.706. The van der Waals surface area contributed by atoms with Crippen LogP contribution in [0.2, 0.25) is 0 Å². The number of hydrogen-bond acceptors (Lipinski definition) is 3. The SMILES string of the molecule is O=C(O)CCC(=O)N1C[C@@H]2C[C@@H](C1)c1c(-c3ccc4ccccc4c3)ccc(=O)n1C2. The molecule has 2 atom stereocenters. The molecule has 5 rings (SSSR count). The van der Waals surface area contributed by atoms with Gasteiger partial charge in [0.2, 0.25) is 5.91 Å². The number of hydrogen-bond donors (Lipinski definition) is 1. The first-order chi connectivity index (χ1) is 15.0. The van der Waals surface area contributed by atoms with Crippen molar-refractivity contribution in [2.24, 2.45) is 5.92 Å². The first kappa shape index (κ1) is 19.5. The van der Waals surface area contributed by atoms with E-state index in [4.69, 9.17) is 5.11 Å². The Morgan fingerprint density at radius 1 is 0.935 bits per heavy atom. The zero-order valence-corrected chi connectivity index (χ0v) is 17.2. The summed E-state index contributed by atoms with van der Waals surface area (Å²) in [5.74, 6) is -0.793. The molecule has 0 saturated carbocycles. The summed E-state index contributed by atoms with van der Waals surface area (Å²) in [7, 11) is 0. The smallest absolute Gasteiger partial charge is 0.303 e. The average molecular weight is 416 g/mol. The van der Waals surface area contributed by atoms with Crippen LogP contribution >= 0.6 is 0 Å². The molecular formula is C25H24N2O4. The van der Waals surface area contributed by atoms with Crippen molar-refractivity contribution in [3.63, 3.8) is 0 Å². The molecule has 1 fully saturated rings. The Kier molecular flexibility index (Phi) is 4.85. The third-order valence-corrected chi connectivity index (χ3v) is 6.56. The van der Waals surface area contributed by atoms with Crippen molar-refractivity contribution in [2.45, 2.75) is 31.7 Å². The maximum Gasteiger partial charge on any atom is 0.303 e. The second-order valence-electron chi connectivity index (χ2n) is 8.63. The number of rotatable bonds is 4. The predicted molar refractivity (Wildman–Crippen MR) is 118 cm³/mol. The minimum Gasteiger partial charge on any atom is -0.481 e. The van der Waals surface area contributed by atoms with E-state index in [0.717, 1.165) is 28.6 Å². The van der Waals surface area contributed by atoms with E-state index < -0.39 is 5.97 Å². The Hall–Kier alpha value is -3.41. The number of aliphatic carboxylic acids is 1. The highest BCUT2D eigenvalue weighted by atomic mass is 16.4. The number of carboxylic acid groups (broad SMARTS) is 1. The van der Waals surface area contributed by atoms with Crippen molar-refractivity contribution in [3.8, 4) is 11.1 Å². The minimum absolute atomic E-state index is 0.0000992. The Morgan fingerprint density at radius 2 is 1.74 bits per heavy atom. The van der Waals surface area contributed by atoms with Gasteiger partial charge in [-0.2, -0.15) is 0 Å². The zero-order chi connectivity index (χ0) is 21.5. The zero-order valence-electron chi connectivity index (χ0n) is 17.2. The molecule has 3 aromatic rings. The highest BCUT2D eigenvalue weighted by Crippen LogP contribution is 2.40. The highest BCUT2D eigenvalue weighted by molar-refractivity contribution is 5.87. The number of carbonyl (C=O) groups is 2. The van der Waals surface area contributed by atoms with Gasteiger partial charge in [-0.25, -0.2) is 0 Å². The molecule has 6 heteroatoms. The summed E-state index contributed by atoms with van der Waals surface area (Å²) in [6.45, 7) is 1.70. The van der Waals surface area contributed by atoms with Gasteiger partial charge >= 0.3 is 5.97 Å². The molecule has 3 heterocycles. The first-order valence-corrected chi connectivity index (χ1v) is 10.7. The van der Waals surface area contributed by atoms with Crippen LogP contribution in [-0.2, 0) is 16.1 Å². The summed E-state index contributed by atoms with van der Waals surface area (Å²) >= 11 is 0. The number of carbonyl (C=O) groups excluding carboxylic acids is 1. The third-order valence-electron chi connectivity index (χ3n) is 6.56. The van der Waals surface area contributed by atoms with E-state index in [2.05, 4.69) is 30.3 Å². The topological polar surface area (TPSA) is 79.6 Å². The molecule has 1 aromatic heterocycles. The van der Waals surface area contributed by atoms with Crippen LogP contribution in [0.15, 0.2) is 59.4 Å². The number of piperidine rings is 1. The second kappa shape index (κ2) is 7.69. The number of carboxylic acids is 1. The van der Waals surface area contributed by atoms with E-state index in [9.17, 15) is 14.4 Å². The lowest BCUT2D eigenvalue weighted by Gasteiger charge is -2.43. The van der Waals surface area contributed by atoms with Gasteiger partial charge in [-0.1, -0.05) is 36.4 Å². The standard InChI is InChI=1S/C25H24N2O4/c28-22(9-10-24(30)31)26-13-16-11-20(15-26)25-21(7-8-23(29)27(25)14-16)19-6-5-17-3-1-2-4-18(17)12-19/h1-8,12,16,20H,9-11,13-15H2,(H,30,31)/t16-,20-/m0/s1. The predicted octanol–water partition coefficient (Wildman–Crippen LogP) is 3.48. The molecule has 158 valence electrons. The van der Waals surface area contributed by atoms with Crippen LogP contribution in [0.25, 0.3) is 21.9 Å². The average Bonchev–Trinajstić information content (AvgIpc) is 2.77. The summed E-state index contributed by atoms with van der Waals surface area (Å²) in [5, 5.41) is 11.2. The highest BCUT2D eigenvalue weighted by Gasteiger charge is 2.37. The van der Waals surface area contributed by atoms with Crippen molar-refractivity contribution in [1.82, 2.24) is 9.47 Å². The fourth-order valence-corrected chi connectivity index (χ4v) is 5.19. The number of benzene rings is 2. The molecule has 0 aliphatic carbocycles. The van der Waals surface area contributed by atoms with Gasteiger partial charge in [0.05, 0.1) is 6.42 Å². The lowest BCUT2D eigenvalue weighted by atomic mass is 9.80. The van der Waals surface area contributed by atoms with Gasteiger partial charge in [0, 0.05) is 49.3 Å². The summed E-state index contributed by atoms with van der Waals surface area (Å²) < 4.78 is 1.89. The van der Waals surface area contributed by atoms with Crippen molar-refractivity contribution in [2.75, 3.05) is 13.1 Å². The van der Waals surface area contributed by atoms with Crippen molar-refractivity contribution < 1.29 is 14.7 Å². The number of pyridine rings is 1. The first-order valence-electron chi connectivity index (χ1n) is 10.7. The Labute approximate surface area is 179 Å². The molecule has 1 amide bonds. The van der Waals surface area contributed by atoms with Crippen LogP contribution in [-0.4, -0.2) is 39.5 Å². The largest absolute Gasteiger partial charge is 0.481 e. The molecule has 1 saturated heterocycles. The van der Waals surface area contributed by atoms with Gasteiger partial charge in [-0.05, 0) is 40.8 Å². The monoisotopic (exact) mass is 416 g/mol. The van der Waals surface area contributed by atoms with E-state index in [1.807, 2.05) is 22.8 Å². The fraction of sp³-hybridized carbons (Fsp3) is 0.320. The van der Waals surface area contributed by atoms with E-state index in [-0.39, 0.29) is 36.1 Å². The van der Waals surface area contributed by atoms with Crippen LogP contribution in [0, 0.1) is 5.92 Å². The molecule has 0 spiro atoms. The Bertz CT molecular complexity index is 1250. The maximum absolute atomic E-state index is 12.7. The third kappa shape index (κ3) is 3.63. The number of amides is 1. The number of fused-ring (bicyclic) bond motifs is 5. The van der Waals surface area contributed by atoms with Crippen LogP contribution in [0.1, 0.15) is 30.9 Å². The molecule has 2 aliphatic heterocycles. The Balaban J connectivity index is 1.53. The lowest BCUT2D eigenvalue weighted by Crippen LogP contribution is -2.49. The fourth-order valence-electron chi connectivity index (χ4n) is 5.19. The van der Waals surface area contributed by atoms with E-state index in [1.165, 1.54) is 5.39 Å². The van der Waals surface area contributed by atoms with Gasteiger partial charge in [-0.3, -0.25) is 14.4 Å². The molecular weight excluding hydrogens is 392 g/mol. The van der Waals surface area contributed by atoms with E-state index in [1.54, 1.807) is 11.0 Å². The van der Waals surface area contributed by atoms with Gasteiger partial charge < -0.3 is 14.6 Å². The molecule has 2 aromatic carbocycles. The molecule has 2 aliphatic rings. The van der Waals surface area contributed by atoms with Crippen LogP contribution in [0.5, 0.6) is 0 Å². The van der Waals surface area contributed by atoms with Crippen molar-refractivity contribution in [1.29, 1.82) is 0 Å². The number of nitrogens with zero attached hydrogens (tertiary/aromatic N) is 2. The van der Waals surface area contributed by atoms with Crippen LogP contribution < -0.4 is 5.56 Å². The number of likely N-dealkylation sites (tertiary alicyclic amines) is 1. The normalized spacial score (nSPS) is 19.8. The summed E-state index contributed by atoms with van der Waals surface area (Å²) in [6, 6.07) is 18.1. The summed E-state index contributed by atoms with van der Waals surface area (Å²) in [4.78, 5) is 38.0. The maximum atomic E-state index is 12.7. The Morgan fingerprint density at radius 3 is 2.55 bits per heavy atom. The van der Waals surface area contributed by atoms with Crippen molar-refractivity contribution >= 4 is 22.6 Å². The minimum atomic E-state index is -0.957. The van der Waals surface area contributed by atoms with Gasteiger partial charge in [-0.15, -0.1) is 0 Å².